The van der Waals surface area contributed by atoms with Crippen LogP contribution in [-0.2, 0) is 5.41 Å². The van der Waals surface area contributed by atoms with Gasteiger partial charge in [0.2, 0.25) is 0 Å². The van der Waals surface area contributed by atoms with Crippen molar-refractivity contribution in [3.8, 4) is 5.75 Å². The molecule has 0 N–H and O–H groups in total. The van der Waals surface area contributed by atoms with E-state index in [0.717, 1.165) is 10.6 Å². The largest absolute Gasteiger partial charge is 0.497 e. The molecule has 0 fully saturated rings. The Hall–Kier alpha value is -0.630. The van der Waals surface area contributed by atoms with Gasteiger partial charge in [0, 0.05) is 4.90 Å². The molecule has 0 heterocycles. The summed E-state index contributed by atoms with van der Waals surface area (Å²) >= 11 is 4.44. The second kappa shape index (κ2) is 3.62. The standard InChI is InChI=1S/C11H16OS/c1-11(2,3)9-6-5-8(12-4)7-10(9)13/h5-7,13H,1-4H3. The van der Waals surface area contributed by atoms with Crippen molar-refractivity contribution in [1.29, 1.82) is 0 Å². The van der Waals surface area contributed by atoms with Crippen molar-refractivity contribution >= 4 is 12.6 Å². The predicted octanol–water partition coefficient (Wildman–Crippen LogP) is 3.28. The predicted molar refractivity (Wildman–Crippen MR) is 58.9 cm³/mol. The molecule has 0 aromatic heterocycles. The fraction of sp³-hybridized carbons (Fsp3) is 0.455. The molecular weight excluding hydrogens is 180 g/mol. The van der Waals surface area contributed by atoms with Gasteiger partial charge in [0.1, 0.15) is 5.75 Å². The lowest BCUT2D eigenvalue weighted by Crippen LogP contribution is -2.11. The van der Waals surface area contributed by atoms with Crippen LogP contribution in [0.3, 0.4) is 0 Å². The molecule has 0 saturated carbocycles. The average Bonchev–Trinajstić information content (AvgIpc) is 2.01. The molecule has 0 aliphatic heterocycles. The molecule has 72 valence electrons. The van der Waals surface area contributed by atoms with E-state index in [1.807, 2.05) is 12.1 Å². The van der Waals surface area contributed by atoms with Crippen molar-refractivity contribution in [2.24, 2.45) is 0 Å². The molecule has 0 saturated heterocycles. The van der Waals surface area contributed by atoms with Crippen LogP contribution in [0.5, 0.6) is 5.75 Å². The van der Waals surface area contributed by atoms with Gasteiger partial charge in [0.05, 0.1) is 7.11 Å². The van der Waals surface area contributed by atoms with Crippen LogP contribution in [-0.4, -0.2) is 7.11 Å². The summed E-state index contributed by atoms with van der Waals surface area (Å²) in [4.78, 5) is 0.992. The molecule has 0 bridgehead atoms. The molecule has 0 spiro atoms. The monoisotopic (exact) mass is 196 g/mol. The molecule has 0 radical (unpaired) electrons. The molecule has 1 aromatic carbocycles. The van der Waals surface area contributed by atoms with E-state index in [1.165, 1.54) is 5.56 Å². The summed E-state index contributed by atoms with van der Waals surface area (Å²) in [5, 5.41) is 0. The van der Waals surface area contributed by atoms with Crippen LogP contribution in [0.2, 0.25) is 0 Å². The first-order chi connectivity index (χ1) is 5.95. The third-order valence-electron chi connectivity index (χ3n) is 2.01. The first-order valence-electron chi connectivity index (χ1n) is 4.32. The highest BCUT2D eigenvalue weighted by Crippen LogP contribution is 2.30. The lowest BCUT2D eigenvalue weighted by atomic mass is 9.87. The van der Waals surface area contributed by atoms with E-state index in [-0.39, 0.29) is 5.41 Å². The van der Waals surface area contributed by atoms with Gasteiger partial charge >= 0.3 is 0 Å². The highest BCUT2D eigenvalue weighted by molar-refractivity contribution is 7.80. The van der Waals surface area contributed by atoms with Crippen LogP contribution in [0.1, 0.15) is 26.3 Å². The minimum Gasteiger partial charge on any atom is -0.497 e. The van der Waals surface area contributed by atoms with Crippen molar-refractivity contribution in [2.75, 3.05) is 7.11 Å². The zero-order chi connectivity index (χ0) is 10.1. The number of methoxy groups -OCH3 is 1. The van der Waals surface area contributed by atoms with Crippen LogP contribution in [0.4, 0.5) is 0 Å². The van der Waals surface area contributed by atoms with E-state index in [1.54, 1.807) is 7.11 Å². The van der Waals surface area contributed by atoms with E-state index in [0.29, 0.717) is 0 Å². The zero-order valence-electron chi connectivity index (χ0n) is 8.59. The SMILES string of the molecule is COc1ccc(C(C)(C)C)c(S)c1. The maximum atomic E-state index is 5.11. The molecule has 1 nitrogen and oxygen atoms in total. The highest BCUT2D eigenvalue weighted by atomic mass is 32.1. The van der Waals surface area contributed by atoms with E-state index in [2.05, 4.69) is 39.5 Å². The first kappa shape index (κ1) is 10.5. The quantitative estimate of drug-likeness (QED) is 0.678. The van der Waals surface area contributed by atoms with Gasteiger partial charge < -0.3 is 4.74 Å². The third-order valence-corrected chi connectivity index (χ3v) is 2.38. The number of hydrogen-bond acceptors (Lipinski definition) is 2. The minimum absolute atomic E-state index is 0.142. The lowest BCUT2D eigenvalue weighted by molar-refractivity contribution is 0.412. The molecule has 0 unspecified atom stereocenters. The van der Waals surface area contributed by atoms with Crippen LogP contribution >= 0.6 is 12.6 Å². The van der Waals surface area contributed by atoms with Gasteiger partial charge in [-0.3, -0.25) is 0 Å². The second-order valence-corrected chi connectivity index (χ2v) is 4.61. The van der Waals surface area contributed by atoms with Crippen LogP contribution in [0, 0.1) is 0 Å². The normalized spacial score (nSPS) is 11.5. The zero-order valence-corrected chi connectivity index (χ0v) is 9.48. The number of rotatable bonds is 1. The van der Waals surface area contributed by atoms with Gasteiger partial charge in [-0.2, -0.15) is 0 Å². The summed E-state index contributed by atoms with van der Waals surface area (Å²) in [6.07, 6.45) is 0. The van der Waals surface area contributed by atoms with Crippen LogP contribution < -0.4 is 4.74 Å². The van der Waals surface area contributed by atoms with Crippen molar-refractivity contribution in [3.05, 3.63) is 23.8 Å². The van der Waals surface area contributed by atoms with Gasteiger partial charge in [0.15, 0.2) is 0 Å². The number of ether oxygens (including phenoxy) is 1. The van der Waals surface area contributed by atoms with Crippen molar-refractivity contribution in [3.63, 3.8) is 0 Å². The maximum absolute atomic E-state index is 5.11. The van der Waals surface area contributed by atoms with E-state index >= 15 is 0 Å². The lowest BCUT2D eigenvalue weighted by Gasteiger charge is -2.21. The van der Waals surface area contributed by atoms with Crippen LogP contribution in [0.15, 0.2) is 23.1 Å². The molecule has 13 heavy (non-hydrogen) atoms. The number of hydrogen-bond donors (Lipinski definition) is 1. The Labute approximate surface area is 85.5 Å². The van der Waals surface area contributed by atoms with E-state index in [9.17, 15) is 0 Å². The minimum atomic E-state index is 0.142. The number of thiol groups is 1. The van der Waals surface area contributed by atoms with Crippen molar-refractivity contribution in [1.82, 2.24) is 0 Å². The van der Waals surface area contributed by atoms with Gasteiger partial charge in [-0.15, -0.1) is 12.6 Å². The van der Waals surface area contributed by atoms with E-state index in [4.69, 9.17) is 4.74 Å². The van der Waals surface area contributed by atoms with Gasteiger partial charge in [-0.1, -0.05) is 26.8 Å². The molecular formula is C11H16OS. The molecule has 1 aromatic rings. The average molecular weight is 196 g/mol. The van der Waals surface area contributed by atoms with E-state index < -0.39 is 0 Å². The summed E-state index contributed by atoms with van der Waals surface area (Å²) in [6, 6.07) is 5.99. The Morgan fingerprint density at radius 1 is 1.23 bits per heavy atom. The molecule has 0 amide bonds. The summed E-state index contributed by atoms with van der Waals surface area (Å²) in [6.45, 7) is 6.53. The molecule has 0 aliphatic carbocycles. The molecule has 0 atom stereocenters. The van der Waals surface area contributed by atoms with Gasteiger partial charge in [0.25, 0.3) is 0 Å². The van der Waals surface area contributed by atoms with Crippen LogP contribution in [0.25, 0.3) is 0 Å². The van der Waals surface area contributed by atoms with Gasteiger partial charge in [-0.25, -0.2) is 0 Å². The molecule has 1 rings (SSSR count). The smallest absolute Gasteiger partial charge is 0.119 e. The fourth-order valence-corrected chi connectivity index (χ4v) is 1.81. The highest BCUT2D eigenvalue weighted by Gasteiger charge is 2.16. The second-order valence-electron chi connectivity index (χ2n) is 4.13. The summed E-state index contributed by atoms with van der Waals surface area (Å²) in [5.41, 5.74) is 1.39. The summed E-state index contributed by atoms with van der Waals surface area (Å²) in [5.74, 6) is 0.859. The molecule has 0 aliphatic rings. The Balaban J connectivity index is 3.13. The fourth-order valence-electron chi connectivity index (χ4n) is 1.27. The Kier molecular flexibility index (Phi) is 2.91. The molecule has 2 heteroatoms. The Morgan fingerprint density at radius 3 is 2.23 bits per heavy atom. The Bertz CT molecular complexity index is 299. The summed E-state index contributed by atoms with van der Waals surface area (Å²) in [7, 11) is 1.67. The van der Waals surface area contributed by atoms with Crippen molar-refractivity contribution in [2.45, 2.75) is 31.1 Å². The number of benzene rings is 1. The summed E-state index contributed by atoms with van der Waals surface area (Å²) < 4.78 is 5.11. The van der Waals surface area contributed by atoms with Gasteiger partial charge in [-0.05, 0) is 23.1 Å². The van der Waals surface area contributed by atoms with Crippen molar-refractivity contribution < 1.29 is 4.74 Å². The first-order valence-corrected chi connectivity index (χ1v) is 4.77. The third kappa shape index (κ3) is 2.41. The maximum Gasteiger partial charge on any atom is 0.119 e. The topological polar surface area (TPSA) is 9.23 Å². The Morgan fingerprint density at radius 2 is 1.85 bits per heavy atom.